The highest BCUT2D eigenvalue weighted by atomic mass is 15.3. The van der Waals surface area contributed by atoms with Gasteiger partial charge in [-0.3, -0.25) is 4.90 Å². The Hall–Kier alpha value is -0.120. The van der Waals surface area contributed by atoms with Crippen LogP contribution < -0.4 is 10.6 Å². The monoisotopic (exact) mass is 225 g/mol. The summed E-state index contributed by atoms with van der Waals surface area (Å²) in [5.74, 6) is 1.55. The van der Waals surface area contributed by atoms with Crippen LogP contribution in [0.3, 0.4) is 0 Å². The summed E-state index contributed by atoms with van der Waals surface area (Å²) in [6.45, 7) is 13.0. The lowest BCUT2D eigenvalue weighted by Crippen LogP contribution is -2.61. The fourth-order valence-corrected chi connectivity index (χ4v) is 3.16. The van der Waals surface area contributed by atoms with Gasteiger partial charge in [0.25, 0.3) is 0 Å². The van der Waals surface area contributed by atoms with Crippen LogP contribution in [0.4, 0.5) is 0 Å². The Morgan fingerprint density at radius 2 is 1.75 bits per heavy atom. The van der Waals surface area contributed by atoms with E-state index in [1.54, 1.807) is 0 Å². The predicted molar refractivity (Wildman–Crippen MR) is 68.4 cm³/mol. The SMILES string of the molecule is CC1CNC(C)N(C2CC(C)NCC2C)C1. The van der Waals surface area contributed by atoms with Crippen LogP contribution in [0.1, 0.15) is 34.1 Å². The molecule has 0 spiro atoms. The lowest BCUT2D eigenvalue weighted by molar-refractivity contribution is 0.0203. The van der Waals surface area contributed by atoms with Crippen molar-refractivity contribution in [3.05, 3.63) is 0 Å². The van der Waals surface area contributed by atoms with Crippen molar-refractivity contribution in [2.45, 2.75) is 52.4 Å². The van der Waals surface area contributed by atoms with Gasteiger partial charge in [-0.2, -0.15) is 0 Å². The van der Waals surface area contributed by atoms with Gasteiger partial charge < -0.3 is 10.6 Å². The summed E-state index contributed by atoms with van der Waals surface area (Å²) in [5, 5.41) is 7.20. The summed E-state index contributed by atoms with van der Waals surface area (Å²) in [5.41, 5.74) is 0. The topological polar surface area (TPSA) is 27.3 Å². The van der Waals surface area contributed by atoms with E-state index in [1.807, 2.05) is 0 Å². The number of nitrogens with zero attached hydrogens (tertiary/aromatic N) is 1. The van der Waals surface area contributed by atoms with E-state index in [4.69, 9.17) is 0 Å². The van der Waals surface area contributed by atoms with Gasteiger partial charge >= 0.3 is 0 Å². The van der Waals surface area contributed by atoms with Crippen LogP contribution in [-0.2, 0) is 0 Å². The van der Waals surface area contributed by atoms with Gasteiger partial charge in [-0.05, 0) is 38.6 Å². The first-order valence-electron chi connectivity index (χ1n) is 6.80. The third kappa shape index (κ3) is 2.58. The Bertz CT molecular complexity index is 207. The van der Waals surface area contributed by atoms with E-state index < -0.39 is 0 Å². The normalized spacial score (nSPS) is 46.9. The zero-order valence-electron chi connectivity index (χ0n) is 11.2. The molecule has 2 aliphatic heterocycles. The second-order valence-electron chi connectivity index (χ2n) is 5.98. The molecule has 0 bridgehead atoms. The number of hydrogen-bond acceptors (Lipinski definition) is 3. The smallest absolute Gasteiger partial charge is 0.0570 e. The summed E-state index contributed by atoms with van der Waals surface area (Å²) < 4.78 is 0. The molecule has 2 aliphatic rings. The van der Waals surface area contributed by atoms with Crippen molar-refractivity contribution in [1.82, 2.24) is 15.5 Å². The Labute approximate surface area is 100.0 Å². The molecule has 94 valence electrons. The second-order valence-corrected chi connectivity index (χ2v) is 5.98. The lowest BCUT2D eigenvalue weighted by Gasteiger charge is -2.47. The van der Waals surface area contributed by atoms with Gasteiger partial charge in [0.15, 0.2) is 0 Å². The first-order chi connectivity index (χ1) is 7.58. The van der Waals surface area contributed by atoms with E-state index in [9.17, 15) is 0 Å². The van der Waals surface area contributed by atoms with Crippen LogP contribution in [0.2, 0.25) is 0 Å². The molecule has 2 rings (SSSR count). The van der Waals surface area contributed by atoms with Crippen molar-refractivity contribution in [3.63, 3.8) is 0 Å². The molecule has 16 heavy (non-hydrogen) atoms. The molecular formula is C13H27N3. The van der Waals surface area contributed by atoms with Crippen LogP contribution in [0.15, 0.2) is 0 Å². The Morgan fingerprint density at radius 1 is 1.00 bits per heavy atom. The molecular weight excluding hydrogens is 198 g/mol. The highest BCUT2D eigenvalue weighted by molar-refractivity contribution is 4.90. The fraction of sp³-hybridized carbons (Fsp3) is 1.00. The van der Waals surface area contributed by atoms with Crippen molar-refractivity contribution >= 4 is 0 Å². The number of rotatable bonds is 1. The predicted octanol–water partition coefficient (Wildman–Crippen LogP) is 1.26. The molecule has 5 unspecified atom stereocenters. The average molecular weight is 225 g/mol. The van der Waals surface area contributed by atoms with E-state index in [-0.39, 0.29) is 0 Å². The molecule has 0 radical (unpaired) electrons. The van der Waals surface area contributed by atoms with Gasteiger partial charge in [0, 0.05) is 25.2 Å². The molecule has 0 aromatic carbocycles. The molecule has 3 nitrogen and oxygen atoms in total. The van der Waals surface area contributed by atoms with Gasteiger partial charge in [0.2, 0.25) is 0 Å². The Kier molecular flexibility index (Phi) is 3.88. The second kappa shape index (κ2) is 5.03. The summed E-state index contributed by atoms with van der Waals surface area (Å²) in [4.78, 5) is 2.69. The summed E-state index contributed by atoms with van der Waals surface area (Å²) >= 11 is 0. The van der Waals surface area contributed by atoms with E-state index >= 15 is 0 Å². The van der Waals surface area contributed by atoms with Crippen molar-refractivity contribution < 1.29 is 0 Å². The maximum absolute atomic E-state index is 3.62. The summed E-state index contributed by atoms with van der Waals surface area (Å²) in [7, 11) is 0. The maximum Gasteiger partial charge on any atom is 0.0570 e. The van der Waals surface area contributed by atoms with E-state index in [0.717, 1.165) is 17.9 Å². The average Bonchev–Trinajstić information content (AvgIpc) is 2.25. The van der Waals surface area contributed by atoms with Crippen molar-refractivity contribution in [2.24, 2.45) is 11.8 Å². The summed E-state index contributed by atoms with van der Waals surface area (Å²) in [6.07, 6.45) is 1.84. The van der Waals surface area contributed by atoms with Gasteiger partial charge in [-0.1, -0.05) is 13.8 Å². The molecule has 0 saturated carbocycles. The first kappa shape index (κ1) is 12.3. The Balaban J connectivity index is 2.02. The van der Waals surface area contributed by atoms with Gasteiger partial charge in [-0.25, -0.2) is 0 Å². The van der Waals surface area contributed by atoms with Crippen LogP contribution >= 0.6 is 0 Å². The minimum Gasteiger partial charge on any atom is -0.314 e. The highest BCUT2D eigenvalue weighted by Gasteiger charge is 2.34. The van der Waals surface area contributed by atoms with Crippen LogP contribution in [0.5, 0.6) is 0 Å². The zero-order chi connectivity index (χ0) is 11.7. The van der Waals surface area contributed by atoms with Crippen molar-refractivity contribution in [1.29, 1.82) is 0 Å². The fourth-order valence-electron chi connectivity index (χ4n) is 3.16. The zero-order valence-corrected chi connectivity index (χ0v) is 11.2. The van der Waals surface area contributed by atoms with Crippen molar-refractivity contribution in [2.75, 3.05) is 19.6 Å². The minimum absolute atomic E-state index is 0.550. The Morgan fingerprint density at radius 3 is 2.50 bits per heavy atom. The highest BCUT2D eigenvalue weighted by Crippen LogP contribution is 2.24. The third-order valence-electron chi connectivity index (χ3n) is 4.25. The molecule has 0 amide bonds. The quantitative estimate of drug-likeness (QED) is 0.703. The number of hydrogen-bond donors (Lipinski definition) is 2. The lowest BCUT2D eigenvalue weighted by atomic mass is 9.88. The molecule has 2 saturated heterocycles. The molecule has 2 heterocycles. The standard InChI is InChI=1S/C13H27N3/c1-9-6-15-12(4)16(8-9)13-5-11(3)14-7-10(13)2/h9-15H,5-8H2,1-4H3. The maximum atomic E-state index is 3.62. The van der Waals surface area contributed by atoms with E-state index in [0.29, 0.717) is 12.2 Å². The van der Waals surface area contributed by atoms with Crippen LogP contribution in [0, 0.1) is 11.8 Å². The molecule has 0 aromatic rings. The largest absolute Gasteiger partial charge is 0.314 e. The third-order valence-corrected chi connectivity index (χ3v) is 4.25. The summed E-state index contributed by atoms with van der Waals surface area (Å²) in [6, 6.07) is 1.42. The molecule has 0 aliphatic carbocycles. The molecule has 0 aromatic heterocycles. The number of piperidine rings is 1. The van der Waals surface area contributed by atoms with Crippen LogP contribution in [-0.4, -0.2) is 42.8 Å². The van der Waals surface area contributed by atoms with Crippen LogP contribution in [0.25, 0.3) is 0 Å². The van der Waals surface area contributed by atoms with Gasteiger partial charge in [-0.15, -0.1) is 0 Å². The van der Waals surface area contributed by atoms with E-state index in [2.05, 4.69) is 43.2 Å². The molecule has 5 atom stereocenters. The molecule has 2 fully saturated rings. The number of nitrogens with one attached hydrogen (secondary N) is 2. The van der Waals surface area contributed by atoms with Gasteiger partial charge in [0.1, 0.15) is 0 Å². The van der Waals surface area contributed by atoms with Gasteiger partial charge in [0.05, 0.1) is 6.17 Å². The molecule has 3 heteroatoms. The van der Waals surface area contributed by atoms with E-state index in [1.165, 1.54) is 26.1 Å². The first-order valence-corrected chi connectivity index (χ1v) is 6.80. The minimum atomic E-state index is 0.550. The van der Waals surface area contributed by atoms with Crippen molar-refractivity contribution in [3.8, 4) is 0 Å². The molecule has 2 N–H and O–H groups in total.